The molecule has 2 heterocycles. The summed E-state index contributed by atoms with van der Waals surface area (Å²) in [5, 5.41) is 6.83. The topological polar surface area (TPSA) is 52.6 Å². The van der Waals surface area contributed by atoms with Gasteiger partial charge in [0.15, 0.2) is 5.96 Å². The number of pyridine rings is 1. The van der Waals surface area contributed by atoms with Crippen molar-refractivity contribution >= 4 is 11.8 Å². The lowest BCUT2D eigenvalue weighted by Gasteiger charge is -2.21. The van der Waals surface area contributed by atoms with Gasteiger partial charge in [-0.2, -0.15) is 0 Å². The Kier molecular flexibility index (Phi) is 8.16. The highest BCUT2D eigenvalue weighted by Crippen LogP contribution is 2.21. The van der Waals surface area contributed by atoms with Crippen LogP contribution in [0.5, 0.6) is 0 Å². The molecule has 1 saturated heterocycles. The largest absolute Gasteiger partial charge is 0.370 e. The Labute approximate surface area is 169 Å². The third-order valence-corrected chi connectivity index (χ3v) is 5.10. The first kappa shape index (κ1) is 20.2. The summed E-state index contributed by atoms with van der Waals surface area (Å²) in [5.41, 5.74) is 1.44. The van der Waals surface area contributed by atoms with E-state index in [0.29, 0.717) is 5.92 Å². The normalized spacial score (nSPS) is 17.0. The first-order valence-electron chi connectivity index (χ1n) is 10.6. The van der Waals surface area contributed by atoms with Gasteiger partial charge in [-0.25, -0.2) is 4.98 Å². The van der Waals surface area contributed by atoms with Crippen LogP contribution in [0.25, 0.3) is 0 Å². The van der Waals surface area contributed by atoms with E-state index in [4.69, 9.17) is 4.99 Å². The summed E-state index contributed by atoms with van der Waals surface area (Å²) in [7, 11) is 0. The van der Waals surface area contributed by atoms with E-state index in [-0.39, 0.29) is 0 Å². The number of benzene rings is 1. The lowest BCUT2D eigenvalue weighted by atomic mass is 9.99. The van der Waals surface area contributed by atoms with Gasteiger partial charge in [0.2, 0.25) is 0 Å². The van der Waals surface area contributed by atoms with E-state index in [1.54, 1.807) is 0 Å². The second-order valence-corrected chi connectivity index (χ2v) is 7.37. The maximum atomic E-state index is 4.87. The van der Waals surface area contributed by atoms with Gasteiger partial charge >= 0.3 is 0 Å². The van der Waals surface area contributed by atoms with Crippen molar-refractivity contribution in [2.75, 3.05) is 38.0 Å². The number of aromatic nitrogens is 1. The van der Waals surface area contributed by atoms with Crippen LogP contribution in [0.4, 0.5) is 5.82 Å². The summed E-state index contributed by atoms with van der Waals surface area (Å²) in [4.78, 5) is 11.6. The van der Waals surface area contributed by atoms with E-state index in [9.17, 15) is 0 Å². The number of hydrogen-bond donors (Lipinski definition) is 2. The number of anilines is 1. The van der Waals surface area contributed by atoms with Crippen LogP contribution in [0, 0.1) is 5.92 Å². The molecule has 0 spiro atoms. The number of likely N-dealkylation sites (tertiary alicyclic amines) is 1. The average Bonchev–Trinajstić information content (AvgIpc) is 3.19. The third-order valence-electron chi connectivity index (χ3n) is 5.10. The molecule has 0 radical (unpaired) electrons. The Morgan fingerprint density at radius 3 is 2.79 bits per heavy atom. The van der Waals surface area contributed by atoms with Crippen molar-refractivity contribution in [3.05, 3.63) is 60.3 Å². The summed E-state index contributed by atoms with van der Waals surface area (Å²) in [6, 6.07) is 16.8. The zero-order valence-electron chi connectivity index (χ0n) is 17.0. The molecule has 150 valence electrons. The molecule has 1 atom stereocenters. The summed E-state index contributed by atoms with van der Waals surface area (Å²) in [6.45, 7) is 7.06. The van der Waals surface area contributed by atoms with Crippen LogP contribution in [-0.4, -0.2) is 48.6 Å². The summed E-state index contributed by atoms with van der Waals surface area (Å²) < 4.78 is 0. The van der Waals surface area contributed by atoms with Crippen LogP contribution in [0.15, 0.2) is 59.7 Å². The van der Waals surface area contributed by atoms with Gasteiger partial charge in [0.25, 0.3) is 0 Å². The number of aliphatic imine (C=N–C) groups is 1. The molecule has 2 N–H and O–H groups in total. The SMILES string of the molecule is CCNC(=NCCCCNc1ccccn1)N1CCC(Cc2ccccc2)C1. The number of rotatable bonds is 9. The minimum atomic E-state index is 0.717. The van der Waals surface area contributed by atoms with Crippen molar-refractivity contribution in [2.45, 2.75) is 32.6 Å². The average molecular weight is 380 g/mol. The van der Waals surface area contributed by atoms with Gasteiger partial charge in [-0.15, -0.1) is 0 Å². The standard InChI is InChI=1S/C23H33N5/c1-2-24-23(27-16-9-8-15-26-22-12-6-7-14-25-22)28-17-13-21(19-28)18-20-10-4-3-5-11-20/h3-7,10-12,14,21H,2,8-9,13,15-19H2,1H3,(H,24,27)(H,25,26). The monoisotopic (exact) mass is 379 g/mol. The second-order valence-electron chi connectivity index (χ2n) is 7.37. The van der Waals surface area contributed by atoms with Gasteiger partial charge in [-0.05, 0) is 56.2 Å². The molecule has 1 aromatic carbocycles. The molecule has 5 nitrogen and oxygen atoms in total. The molecule has 28 heavy (non-hydrogen) atoms. The summed E-state index contributed by atoms with van der Waals surface area (Å²) >= 11 is 0. The predicted molar refractivity (Wildman–Crippen MR) is 118 cm³/mol. The van der Waals surface area contributed by atoms with Crippen LogP contribution < -0.4 is 10.6 Å². The molecule has 0 saturated carbocycles. The van der Waals surface area contributed by atoms with E-state index in [1.165, 1.54) is 12.0 Å². The molecule has 1 aromatic heterocycles. The highest BCUT2D eigenvalue weighted by Gasteiger charge is 2.24. The molecular formula is C23H33N5. The van der Waals surface area contributed by atoms with Crippen molar-refractivity contribution in [2.24, 2.45) is 10.9 Å². The minimum absolute atomic E-state index is 0.717. The third kappa shape index (κ3) is 6.55. The van der Waals surface area contributed by atoms with Crippen molar-refractivity contribution in [1.82, 2.24) is 15.2 Å². The van der Waals surface area contributed by atoms with E-state index in [1.807, 2.05) is 24.4 Å². The van der Waals surface area contributed by atoms with Crippen LogP contribution in [0.2, 0.25) is 0 Å². The Bertz CT molecular complexity index is 701. The van der Waals surface area contributed by atoms with Gasteiger partial charge in [0.1, 0.15) is 5.82 Å². The Hall–Kier alpha value is -2.56. The Morgan fingerprint density at radius 1 is 1.14 bits per heavy atom. The second kappa shape index (κ2) is 11.3. The Morgan fingerprint density at radius 2 is 2.00 bits per heavy atom. The molecule has 0 amide bonds. The van der Waals surface area contributed by atoms with Crippen molar-refractivity contribution in [3.8, 4) is 0 Å². The van der Waals surface area contributed by atoms with Crippen LogP contribution in [-0.2, 0) is 6.42 Å². The molecule has 5 heteroatoms. The fourth-order valence-corrected chi connectivity index (χ4v) is 3.67. The van der Waals surface area contributed by atoms with Gasteiger partial charge in [0.05, 0.1) is 0 Å². The maximum absolute atomic E-state index is 4.87. The molecular weight excluding hydrogens is 346 g/mol. The number of nitrogens with one attached hydrogen (secondary N) is 2. The summed E-state index contributed by atoms with van der Waals surface area (Å²) in [6.07, 6.45) is 6.39. The van der Waals surface area contributed by atoms with E-state index < -0.39 is 0 Å². The van der Waals surface area contributed by atoms with E-state index in [0.717, 1.165) is 63.8 Å². The zero-order chi connectivity index (χ0) is 19.4. The van der Waals surface area contributed by atoms with Gasteiger partial charge in [0, 0.05) is 38.9 Å². The van der Waals surface area contributed by atoms with Crippen molar-refractivity contribution in [3.63, 3.8) is 0 Å². The molecule has 0 bridgehead atoms. The summed E-state index contributed by atoms with van der Waals surface area (Å²) in [5.74, 6) is 2.74. The number of hydrogen-bond acceptors (Lipinski definition) is 3. The fraction of sp³-hybridized carbons (Fsp3) is 0.478. The maximum Gasteiger partial charge on any atom is 0.193 e. The van der Waals surface area contributed by atoms with Gasteiger partial charge in [-0.1, -0.05) is 36.4 Å². The lowest BCUT2D eigenvalue weighted by Crippen LogP contribution is -2.40. The predicted octanol–water partition coefficient (Wildman–Crippen LogP) is 3.80. The molecule has 2 aromatic rings. The molecule has 1 aliphatic heterocycles. The highest BCUT2D eigenvalue weighted by molar-refractivity contribution is 5.80. The Balaban J connectivity index is 1.40. The van der Waals surface area contributed by atoms with Crippen LogP contribution in [0.3, 0.4) is 0 Å². The molecule has 1 fully saturated rings. The zero-order valence-corrected chi connectivity index (χ0v) is 17.0. The van der Waals surface area contributed by atoms with Crippen LogP contribution >= 0.6 is 0 Å². The minimum Gasteiger partial charge on any atom is -0.370 e. The molecule has 1 aliphatic rings. The van der Waals surface area contributed by atoms with E-state index >= 15 is 0 Å². The first-order valence-corrected chi connectivity index (χ1v) is 10.6. The number of unbranched alkanes of at least 4 members (excludes halogenated alkanes) is 1. The molecule has 0 aliphatic carbocycles. The quantitative estimate of drug-likeness (QED) is 0.395. The van der Waals surface area contributed by atoms with Crippen molar-refractivity contribution < 1.29 is 0 Å². The molecule has 3 rings (SSSR count). The van der Waals surface area contributed by atoms with Crippen LogP contribution in [0.1, 0.15) is 31.7 Å². The van der Waals surface area contributed by atoms with Gasteiger partial charge < -0.3 is 15.5 Å². The number of guanidine groups is 1. The lowest BCUT2D eigenvalue weighted by molar-refractivity contribution is 0.459. The first-order chi connectivity index (χ1) is 13.8. The number of nitrogens with zero attached hydrogens (tertiary/aromatic N) is 3. The highest BCUT2D eigenvalue weighted by atomic mass is 15.3. The smallest absolute Gasteiger partial charge is 0.193 e. The van der Waals surface area contributed by atoms with Crippen molar-refractivity contribution in [1.29, 1.82) is 0 Å². The van der Waals surface area contributed by atoms with E-state index in [2.05, 4.69) is 57.8 Å². The molecule has 1 unspecified atom stereocenters. The fourth-order valence-electron chi connectivity index (χ4n) is 3.67. The van der Waals surface area contributed by atoms with Gasteiger partial charge in [-0.3, -0.25) is 4.99 Å².